The molecule has 0 amide bonds. The Morgan fingerprint density at radius 1 is 1.60 bits per heavy atom. The van der Waals surface area contributed by atoms with E-state index in [-0.39, 0.29) is 6.04 Å². The van der Waals surface area contributed by atoms with Crippen molar-refractivity contribution in [2.24, 2.45) is 11.7 Å². The summed E-state index contributed by atoms with van der Waals surface area (Å²) >= 11 is 0. The average molecular weight is 140 g/mol. The van der Waals surface area contributed by atoms with Gasteiger partial charge < -0.3 is 10.2 Å². The lowest BCUT2D eigenvalue weighted by Crippen LogP contribution is -2.16. The predicted molar refractivity (Wildman–Crippen MR) is 34.9 cm³/mol. The molecule has 1 aromatic rings. The lowest BCUT2D eigenvalue weighted by molar-refractivity contribution is 0.385. The van der Waals surface area contributed by atoms with Crippen molar-refractivity contribution in [2.45, 2.75) is 19.9 Å². The Balaban J connectivity index is 2.68. The molecule has 4 nitrogen and oxygen atoms in total. The number of nitrogens with two attached hydrogens (primary N) is 1. The van der Waals surface area contributed by atoms with E-state index >= 15 is 0 Å². The van der Waals surface area contributed by atoms with Crippen LogP contribution in [0.4, 0.5) is 0 Å². The van der Waals surface area contributed by atoms with Crippen LogP contribution >= 0.6 is 0 Å². The minimum atomic E-state index is -0.168. The summed E-state index contributed by atoms with van der Waals surface area (Å²) in [5.74, 6) is 0.767. The van der Waals surface area contributed by atoms with Crippen molar-refractivity contribution in [1.82, 2.24) is 10.2 Å². The zero-order valence-corrected chi connectivity index (χ0v) is 6.03. The van der Waals surface area contributed by atoms with Gasteiger partial charge in [-0.25, -0.2) is 0 Å². The van der Waals surface area contributed by atoms with E-state index < -0.39 is 0 Å². The van der Waals surface area contributed by atoms with Gasteiger partial charge in [0.15, 0.2) is 0 Å². The number of hydrogen-bond donors (Lipinski definition) is 1. The van der Waals surface area contributed by atoms with Crippen molar-refractivity contribution in [3.63, 3.8) is 0 Å². The number of nitrogens with zero attached hydrogens (tertiary/aromatic N) is 2. The number of aromatic nitrogens is 2. The third-order valence-electron chi connectivity index (χ3n) is 1.34. The van der Waals surface area contributed by atoms with E-state index in [2.05, 4.69) is 16.6 Å². The highest BCUT2D eigenvalue weighted by molar-refractivity contribution is 4.85. The zero-order valence-electron chi connectivity index (χ0n) is 6.03. The molecular formula is C6H10N3O. The minimum absolute atomic E-state index is 0.168. The molecular weight excluding hydrogens is 130 g/mol. The van der Waals surface area contributed by atoms with Crippen LogP contribution in [-0.2, 0) is 0 Å². The number of rotatable bonds is 2. The molecule has 0 saturated heterocycles. The van der Waals surface area contributed by atoms with Crippen LogP contribution in [0.15, 0.2) is 4.42 Å². The van der Waals surface area contributed by atoms with Crippen LogP contribution in [0.5, 0.6) is 0 Å². The fourth-order valence-corrected chi connectivity index (χ4v) is 0.577. The Hall–Kier alpha value is -0.900. The van der Waals surface area contributed by atoms with Crippen LogP contribution in [0.2, 0.25) is 0 Å². The molecule has 0 spiro atoms. The second-order valence-electron chi connectivity index (χ2n) is 2.50. The summed E-state index contributed by atoms with van der Waals surface area (Å²) in [5, 5.41) is 7.04. The van der Waals surface area contributed by atoms with E-state index in [0.717, 1.165) is 0 Å². The molecule has 0 aromatic carbocycles. The van der Waals surface area contributed by atoms with E-state index in [1.165, 1.54) is 0 Å². The first kappa shape index (κ1) is 7.21. The van der Waals surface area contributed by atoms with Gasteiger partial charge in [0, 0.05) is 0 Å². The van der Waals surface area contributed by atoms with Gasteiger partial charge in [0.2, 0.25) is 5.89 Å². The third kappa shape index (κ3) is 1.33. The van der Waals surface area contributed by atoms with Crippen molar-refractivity contribution in [2.75, 3.05) is 0 Å². The van der Waals surface area contributed by atoms with Crippen molar-refractivity contribution in [1.29, 1.82) is 0 Å². The highest BCUT2D eigenvalue weighted by Crippen LogP contribution is 2.14. The molecule has 1 rings (SSSR count). The maximum absolute atomic E-state index is 5.67. The summed E-state index contributed by atoms with van der Waals surface area (Å²) in [5.41, 5.74) is 5.67. The first-order valence-corrected chi connectivity index (χ1v) is 3.17. The smallest absolute Gasteiger partial charge is 0.305 e. The minimum Gasteiger partial charge on any atom is -0.415 e. The SMILES string of the molecule is CC(C)C(N)c1nn[c]o1. The van der Waals surface area contributed by atoms with Crippen LogP contribution < -0.4 is 5.73 Å². The Morgan fingerprint density at radius 2 is 2.30 bits per heavy atom. The molecule has 1 radical (unpaired) electrons. The molecule has 55 valence electrons. The summed E-state index contributed by atoms with van der Waals surface area (Å²) in [4.78, 5) is 0. The van der Waals surface area contributed by atoms with Gasteiger partial charge in [0.1, 0.15) is 0 Å². The molecule has 0 bridgehead atoms. The lowest BCUT2D eigenvalue weighted by Gasteiger charge is -2.08. The molecule has 2 N–H and O–H groups in total. The summed E-state index contributed by atoms with van der Waals surface area (Å²) in [6.45, 7) is 3.99. The van der Waals surface area contributed by atoms with Crippen LogP contribution in [-0.4, -0.2) is 10.2 Å². The second kappa shape index (κ2) is 2.79. The first-order valence-electron chi connectivity index (χ1n) is 3.17. The summed E-state index contributed by atoms with van der Waals surface area (Å²) in [7, 11) is 0. The first-order chi connectivity index (χ1) is 4.72. The Labute approximate surface area is 59.4 Å². The second-order valence-corrected chi connectivity index (χ2v) is 2.50. The maximum atomic E-state index is 5.67. The average Bonchev–Trinajstić information content (AvgIpc) is 2.36. The topological polar surface area (TPSA) is 64.9 Å². The Kier molecular flexibility index (Phi) is 2.01. The molecule has 0 aliphatic carbocycles. The molecule has 0 aliphatic heterocycles. The monoisotopic (exact) mass is 140 g/mol. The van der Waals surface area contributed by atoms with E-state index in [1.807, 2.05) is 13.8 Å². The largest absolute Gasteiger partial charge is 0.415 e. The van der Waals surface area contributed by atoms with Crippen LogP contribution in [0, 0.1) is 12.3 Å². The maximum Gasteiger partial charge on any atom is 0.305 e. The molecule has 1 heterocycles. The van der Waals surface area contributed by atoms with Gasteiger partial charge in [0.05, 0.1) is 6.04 Å². The third-order valence-corrected chi connectivity index (χ3v) is 1.34. The van der Waals surface area contributed by atoms with Gasteiger partial charge in [0.25, 0.3) is 0 Å². The van der Waals surface area contributed by atoms with Gasteiger partial charge in [-0.2, -0.15) is 0 Å². The van der Waals surface area contributed by atoms with Gasteiger partial charge in [-0.05, 0) is 5.92 Å². The summed E-state index contributed by atoms with van der Waals surface area (Å²) < 4.78 is 4.78. The van der Waals surface area contributed by atoms with Crippen LogP contribution in [0.25, 0.3) is 0 Å². The van der Waals surface area contributed by atoms with Gasteiger partial charge in [-0.1, -0.05) is 13.8 Å². The normalized spacial score (nSPS) is 14.0. The highest BCUT2D eigenvalue weighted by atomic mass is 16.4. The molecule has 0 saturated carbocycles. The van der Waals surface area contributed by atoms with Crippen molar-refractivity contribution < 1.29 is 4.42 Å². The van der Waals surface area contributed by atoms with E-state index in [4.69, 9.17) is 10.2 Å². The lowest BCUT2D eigenvalue weighted by atomic mass is 10.1. The Bertz CT molecular complexity index is 183. The molecule has 1 aromatic heterocycles. The molecule has 0 fully saturated rings. The summed E-state index contributed by atoms with van der Waals surface area (Å²) in [6, 6.07) is -0.168. The van der Waals surface area contributed by atoms with Crippen LogP contribution in [0.3, 0.4) is 0 Å². The predicted octanol–water partition coefficient (Wildman–Crippen LogP) is 0.526. The fourth-order valence-electron chi connectivity index (χ4n) is 0.577. The van der Waals surface area contributed by atoms with Gasteiger partial charge in [-0.3, -0.25) is 0 Å². The van der Waals surface area contributed by atoms with E-state index in [1.54, 1.807) is 0 Å². The molecule has 1 atom stereocenters. The highest BCUT2D eigenvalue weighted by Gasteiger charge is 2.14. The fraction of sp³-hybridized carbons (Fsp3) is 0.667. The molecule has 0 aliphatic rings. The molecule has 4 heteroatoms. The van der Waals surface area contributed by atoms with Gasteiger partial charge in [-0.15, -0.1) is 10.2 Å². The molecule has 10 heavy (non-hydrogen) atoms. The molecule has 1 unspecified atom stereocenters. The van der Waals surface area contributed by atoms with Crippen molar-refractivity contribution in [3.8, 4) is 0 Å². The number of hydrogen-bond acceptors (Lipinski definition) is 4. The van der Waals surface area contributed by atoms with Crippen molar-refractivity contribution in [3.05, 3.63) is 12.3 Å². The van der Waals surface area contributed by atoms with Crippen LogP contribution in [0.1, 0.15) is 25.8 Å². The van der Waals surface area contributed by atoms with Crippen molar-refractivity contribution >= 4 is 0 Å². The summed E-state index contributed by atoms with van der Waals surface area (Å²) in [6.07, 6.45) is 2.25. The standard InChI is InChI=1S/C6H10N3O/c1-4(2)5(7)6-9-8-3-10-6/h4-5H,7H2,1-2H3. The van der Waals surface area contributed by atoms with Gasteiger partial charge >= 0.3 is 6.39 Å². The Morgan fingerprint density at radius 3 is 2.70 bits per heavy atom. The van der Waals surface area contributed by atoms with E-state index in [9.17, 15) is 0 Å². The quantitative estimate of drug-likeness (QED) is 0.650. The van der Waals surface area contributed by atoms with E-state index in [0.29, 0.717) is 11.8 Å². The zero-order chi connectivity index (χ0) is 7.56.